The lowest BCUT2D eigenvalue weighted by Crippen LogP contribution is -2.26. The van der Waals surface area contributed by atoms with Gasteiger partial charge in [0, 0.05) is 18.3 Å². The van der Waals surface area contributed by atoms with Crippen molar-refractivity contribution in [3.8, 4) is 11.5 Å². The smallest absolute Gasteiger partial charge is 0.508 e. The van der Waals surface area contributed by atoms with Crippen LogP contribution in [0.1, 0.15) is 30.1 Å². The van der Waals surface area contributed by atoms with Crippen molar-refractivity contribution < 1.29 is 24.2 Å². The molecule has 0 unspecified atom stereocenters. The first-order chi connectivity index (χ1) is 12.0. The number of anilines is 1. The van der Waals surface area contributed by atoms with E-state index in [0.717, 1.165) is 12.8 Å². The van der Waals surface area contributed by atoms with E-state index in [1.165, 1.54) is 17.0 Å². The molecular weight excluding hydrogens is 322 g/mol. The van der Waals surface area contributed by atoms with Crippen molar-refractivity contribution in [3.05, 3.63) is 54.1 Å². The minimum atomic E-state index is -0.756. The monoisotopic (exact) mass is 343 g/mol. The maximum atomic E-state index is 12.5. The number of unbranched alkanes of at least 4 members (excludes halogenated alkanes) is 1. The van der Waals surface area contributed by atoms with Crippen LogP contribution in [0.2, 0.25) is 0 Å². The summed E-state index contributed by atoms with van der Waals surface area (Å²) in [4.78, 5) is 25.4. The molecule has 6 heteroatoms. The van der Waals surface area contributed by atoms with Crippen molar-refractivity contribution in [1.82, 2.24) is 0 Å². The molecule has 0 bridgehead atoms. The van der Waals surface area contributed by atoms with E-state index in [4.69, 9.17) is 9.47 Å². The Morgan fingerprint density at radius 1 is 1.04 bits per heavy atom. The molecule has 1 amide bonds. The lowest BCUT2D eigenvalue weighted by molar-refractivity contribution is 0.0978. The minimum absolute atomic E-state index is 0.136. The second kappa shape index (κ2) is 8.73. The molecule has 0 atom stereocenters. The summed E-state index contributed by atoms with van der Waals surface area (Å²) in [6.07, 6.45) is 0.957. The predicted molar refractivity (Wildman–Crippen MR) is 94.2 cm³/mol. The third-order valence-corrected chi connectivity index (χ3v) is 3.56. The highest BCUT2D eigenvalue weighted by Crippen LogP contribution is 2.20. The number of hydrogen-bond donors (Lipinski definition) is 1. The number of ether oxygens (including phenoxy) is 2. The standard InChI is InChI=1S/C19H21NO5/c1-3-4-13-24-19(23)25-17-11-5-14(6-12-17)18(22)20(2)15-7-9-16(21)10-8-15/h5-12,21H,3-4,13H2,1-2H3. The summed E-state index contributed by atoms with van der Waals surface area (Å²) in [5, 5.41) is 9.31. The van der Waals surface area contributed by atoms with E-state index in [1.807, 2.05) is 6.92 Å². The van der Waals surface area contributed by atoms with Gasteiger partial charge >= 0.3 is 6.16 Å². The molecule has 2 aromatic rings. The van der Waals surface area contributed by atoms with E-state index in [2.05, 4.69) is 0 Å². The second-order valence-electron chi connectivity index (χ2n) is 5.46. The van der Waals surface area contributed by atoms with Crippen LogP contribution in [0.15, 0.2) is 48.5 Å². The highest BCUT2D eigenvalue weighted by molar-refractivity contribution is 6.05. The Kier molecular flexibility index (Phi) is 6.39. The molecule has 0 fully saturated rings. The van der Waals surface area contributed by atoms with Crippen molar-refractivity contribution in [2.24, 2.45) is 0 Å². The lowest BCUT2D eigenvalue weighted by Gasteiger charge is -2.17. The molecule has 2 rings (SSSR count). The summed E-state index contributed by atoms with van der Waals surface area (Å²) in [7, 11) is 1.64. The highest BCUT2D eigenvalue weighted by atomic mass is 16.7. The number of amides is 1. The third-order valence-electron chi connectivity index (χ3n) is 3.56. The molecule has 1 N–H and O–H groups in total. The minimum Gasteiger partial charge on any atom is -0.508 e. The fraction of sp³-hybridized carbons (Fsp3) is 0.263. The third kappa shape index (κ3) is 5.24. The number of hydrogen-bond acceptors (Lipinski definition) is 5. The zero-order valence-electron chi connectivity index (χ0n) is 14.3. The van der Waals surface area contributed by atoms with E-state index >= 15 is 0 Å². The number of benzene rings is 2. The summed E-state index contributed by atoms with van der Waals surface area (Å²) in [5.74, 6) is 0.227. The number of nitrogens with zero attached hydrogens (tertiary/aromatic N) is 1. The SMILES string of the molecule is CCCCOC(=O)Oc1ccc(C(=O)N(C)c2ccc(O)cc2)cc1. The average Bonchev–Trinajstić information content (AvgIpc) is 2.62. The van der Waals surface area contributed by atoms with Gasteiger partial charge in [0.1, 0.15) is 11.5 Å². The number of aromatic hydroxyl groups is 1. The molecule has 0 radical (unpaired) electrons. The summed E-state index contributed by atoms with van der Waals surface area (Å²) >= 11 is 0. The summed E-state index contributed by atoms with van der Waals surface area (Å²) in [6.45, 7) is 2.32. The summed E-state index contributed by atoms with van der Waals surface area (Å²) in [6, 6.07) is 12.6. The van der Waals surface area contributed by atoms with Gasteiger partial charge in [-0.25, -0.2) is 4.79 Å². The topological polar surface area (TPSA) is 76.1 Å². The molecule has 132 valence electrons. The summed E-state index contributed by atoms with van der Waals surface area (Å²) < 4.78 is 9.95. The molecule has 0 aromatic heterocycles. The number of rotatable bonds is 6. The van der Waals surface area contributed by atoms with Crippen LogP contribution in [-0.2, 0) is 4.74 Å². The first-order valence-electron chi connectivity index (χ1n) is 8.03. The van der Waals surface area contributed by atoms with Gasteiger partial charge in [0.25, 0.3) is 5.91 Å². The normalized spacial score (nSPS) is 10.2. The van der Waals surface area contributed by atoms with Gasteiger partial charge in [-0.2, -0.15) is 0 Å². The predicted octanol–water partition coefficient (Wildman–Crippen LogP) is 3.98. The van der Waals surface area contributed by atoms with Crippen molar-refractivity contribution in [2.45, 2.75) is 19.8 Å². The Morgan fingerprint density at radius 2 is 1.68 bits per heavy atom. The van der Waals surface area contributed by atoms with E-state index in [1.54, 1.807) is 43.4 Å². The van der Waals surface area contributed by atoms with Crippen LogP contribution in [0.5, 0.6) is 11.5 Å². The lowest BCUT2D eigenvalue weighted by atomic mass is 10.2. The molecule has 25 heavy (non-hydrogen) atoms. The number of phenols is 1. The van der Waals surface area contributed by atoms with Crippen LogP contribution >= 0.6 is 0 Å². The van der Waals surface area contributed by atoms with Gasteiger partial charge in [0.05, 0.1) is 6.61 Å². The molecule has 6 nitrogen and oxygen atoms in total. The first-order valence-corrected chi connectivity index (χ1v) is 8.03. The van der Waals surface area contributed by atoms with E-state index in [0.29, 0.717) is 23.6 Å². The molecule has 0 saturated carbocycles. The van der Waals surface area contributed by atoms with Crippen molar-refractivity contribution in [3.63, 3.8) is 0 Å². The van der Waals surface area contributed by atoms with Crippen LogP contribution in [0, 0.1) is 0 Å². The maximum absolute atomic E-state index is 12.5. The van der Waals surface area contributed by atoms with Gasteiger partial charge in [0.15, 0.2) is 0 Å². The zero-order chi connectivity index (χ0) is 18.2. The molecule has 0 saturated heterocycles. The van der Waals surface area contributed by atoms with Gasteiger partial charge in [-0.05, 0) is 55.0 Å². The molecule has 0 aliphatic heterocycles. The Bertz CT molecular complexity index is 710. The molecule has 0 aliphatic rings. The van der Waals surface area contributed by atoms with Crippen LogP contribution in [-0.4, -0.2) is 30.8 Å². The van der Waals surface area contributed by atoms with Gasteiger partial charge < -0.3 is 19.5 Å². The Morgan fingerprint density at radius 3 is 2.28 bits per heavy atom. The van der Waals surface area contributed by atoms with E-state index < -0.39 is 6.16 Å². The Labute approximate surface area is 146 Å². The van der Waals surface area contributed by atoms with Crippen LogP contribution in [0.4, 0.5) is 10.5 Å². The van der Waals surface area contributed by atoms with E-state index in [9.17, 15) is 14.7 Å². The van der Waals surface area contributed by atoms with Gasteiger partial charge in [-0.1, -0.05) is 13.3 Å². The number of carbonyl (C=O) groups excluding carboxylic acids is 2. The quantitative estimate of drug-likeness (QED) is 0.488. The summed E-state index contributed by atoms with van der Waals surface area (Å²) in [5.41, 5.74) is 1.10. The van der Waals surface area contributed by atoms with Crippen molar-refractivity contribution in [1.29, 1.82) is 0 Å². The fourth-order valence-corrected chi connectivity index (χ4v) is 2.08. The molecule has 0 aliphatic carbocycles. The molecule has 2 aromatic carbocycles. The highest BCUT2D eigenvalue weighted by Gasteiger charge is 2.14. The zero-order valence-corrected chi connectivity index (χ0v) is 14.3. The van der Waals surface area contributed by atoms with Crippen LogP contribution < -0.4 is 9.64 Å². The van der Waals surface area contributed by atoms with Gasteiger partial charge in [-0.15, -0.1) is 0 Å². The van der Waals surface area contributed by atoms with Crippen LogP contribution in [0.25, 0.3) is 0 Å². The van der Waals surface area contributed by atoms with Gasteiger partial charge in [0.2, 0.25) is 0 Å². The Balaban J connectivity index is 1.97. The number of phenolic OH excluding ortho intramolecular Hbond substituents is 1. The largest absolute Gasteiger partial charge is 0.513 e. The Hall–Kier alpha value is -3.02. The maximum Gasteiger partial charge on any atom is 0.513 e. The van der Waals surface area contributed by atoms with Crippen LogP contribution in [0.3, 0.4) is 0 Å². The molecule has 0 spiro atoms. The van der Waals surface area contributed by atoms with Crippen molar-refractivity contribution in [2.75, 3.05) is 18.6 Å². The molecule has 0 heterocycles. The average molecular weight is 343 g/mol. The first kappa shape index (κ1) is 18.3. The fourth-order valence-electron chi connectivity index (χ4n) is 2.08. The second-order valence-corrected chi connectivity index (χ2v) is 5.46. The van der Waals surface area contributed by atoms with Crippen molar-refractivity contribution >= 4 is 17.7 Å². The van der Waals surface area contributed by atoms with E-state index in [-0.39, 0.29) is 11.7 Å². The van der Waals surface area contributed by atoms with Gasteiger partial charge in [-0.3, -0.25) is 4.79 Å². The molecular formula is C19H21NO5. The number of carbonyl (C=O) groups is 2.